The summed E-state index contributed by atoms with van der Waals surface area (Å²) < 4.78 is 11.1. The Labute approximate surface area is 124 Å². The predicted octanol–water partition coefficient (Wildman–Crippen LogP) is 2.79. The number of nitrogens with zero attached hydrogens (tertiary/aromatic N) is 1. The standard InChI is InChI=1S/C14H13BrN2O3/c1-19-13-5-10(2-3-12(13)16)14(18)20-8-9-4-11(15)7-17-6-9/h2-7H,8,16H2,1H3. The maximum atomic E-state index is 11.9. The molecule has 0 saturated heterocycles. The van der Waals surface area contributed by atoms with Crippen LogP contribution in [0.2, 0.25) is 0 Å². The lowest BCUT2D eigenvalue weighted by atomic mass is 10.2. The van der Waals surface area contributed by atoms with Crippen molar-refractivity contribution < 1.29 is 14.3 Å². The quantitative estimate of drug-likeness (QED) is 0.686. The zero-order valence-corrected chi connectivity index (χ0v) is 12.4. The molecule has 6 heteroatoms. The lowest BCUT2D eigenvalue weighted by Gasteiger charge is -2.08. The van der Waals surface area contributed by atoms with Gasteiger partial charge in [0.05, 0.1) is 18.4 Å². The smallest absolute Gasteiger partial charge is 0.338 e. The summed E-state index contributed by atoms with van der Waals surface area (Å²) in [7, 11) is 1.49. The monoisotopic (exact) mass is 336 g/mol. The number of carbonyl (C=O) groups is 1. The number of carbonyl (C=O) groups excluding carboxylic acids is 1. The number of nitrogen functional groups attached to an aromatic ring is 1. The number of halogens is 1. The van der Waals surface area contributed by atoms with Gasteiger partial charge in [-0.25, -0.2) is 4.79 Å². The molecule has 0 aliphatic carbocycles. The van der Waals surface area contributed by atoms with E-state index in [4.69, 9.17) is 15.2 Å². The fourth-order valence-electron chi connectivity index (χ4n) is 1.61. The molecule has 0 saturated carbocycles. The summed E-state index contributed by atoms with van der Waals surface area (Å²) >= 11 is 3.31. The van der Waals surface area contributed by atoms with Crippen molar-refractivity contribution in [2.75, 3.05) is 12.8 Å². The number of aromatic nitrogens is 1. The second-order valence-corrected chi connectivity index (χ2v) is 4.96. The van der Waals surface area contributed by atoms with Crippen molar-refractivity contribution in [1.29, 1.82) is 0 Å². The Morgan fingerprint density at radius 1 is 1.35 bits per heavy atom. The van der Waals surface area contributed by atoms with Gasteiger partial charge in [0.15, 0.2) is 0 Å². The molecular formula is C14H13BrN2O3. The summed E-state index contributed by atoms with van der Waals surface area (Å²) in [4.78, 5) is 15.9. The second kappa shape index (κ2) is 6.38. The number of ether oxygens (including phenoxy) is 2. The molecule has 1 aromatic heterocycles. The number of rotatable bonds is 4. The zero-order valence-electron chi connectivity index (χ0n) is 10.8. The molecule has 0 atom stereocenters. The molecule has 104 valence electrons. The van der Waals surface area contributed by atoms with Gasteiger partial charge in [0.2, 0.25) is 0 Å². The van der Waals surface area contributed by atoms with E-state index in [0.717, 1.165) is 10.0 Å². The van der Waals surface area contributed by atoms with Crippen LogP contribution in [-0.4, -0.2) is 18.1 Å². The molecule has 20 heavy (non-hydrogen) atoms. The van der Waals surface area contributed by atoms with E-state index >= 15 is 0 Å². The van der Waals surface area contributed by atoms with Crippen LogP contribution in [0.3, 0.4) is 0 Å². The number of anilines is 1. The van der Waals surface area contributed by atoms with Crippen molar-refractivity contribution in [3.05, 3.63) is 52.3 Å². The fraction of sp³-hybridized carbons (Fsp3) is 0.143. The number of hydrogen-bond acceptors (Lipinski definition) is 5. The van der Waals surface area contributed by atoms with Crippen molar-refractivity contribution in [2.45, 2.75) is 6.61 Å². The highest BCUT2D eigenvalue weighted by atomic mass is 79.9. The van der Waals surface area contributed by atoms with Crippen molar-refractivity contribution in [3.8, 4) is 5.75 Å². The zero-order chi connectivity index (χ0) is 14.5. The molecule has 2 N–H and O–H groups in total. The van der Waals surface area contributed by atoms with E-state index in [2.05, 4.69) is 20.9 Å². The van der Waals surface area contributed by atoms with E-state index in [1.165, 1.54) is 7.11 Å². The van der Waals surface area contributed by atoms with E-state index in [0.29, 0.717) is 17.0 Å². The van der Waals surface area contributed by atoms with Gasteiger partial charge in [0, 0.05) is 22.4 Å². The molecule has 0 aliphatic rings. The minimum absolute atomic E-state index is 0.151. The summed E-state index contributed by atoms with van der Waals surface area (Å²) in [5, 5.41) is 0. The van der Waals surface area contributed by atoms with Gasteiger partial charge in [-0.15, -0.1) is 0 Å². The van der Waals surface area contributed by atoms with Crippen LogP contribution in [-0.2, 0) is 11.3 Å². The summed E-state index contributed by atoms with van der Waals surface area (Å²) in [6, 6.07) is 6.59. The van der Waals surface area contributed by atoms with Crippen LogP contribution in [0.4, 0.5) is 5.69 Å². The molecule has 0 bridgehead atoms. The Morgan fingerprint density at radius 3 is 2.85 bits per heavy atom. The summed E-state index contributed by atoms with van der Waals surface area (Å²) in [6.07, 6.45) is 3.30. The first-order valence-corrected chi connectivity index (χ1v) is 6.59. The van der Waals surface area contributed by atoms with Crippen molar-refractivity contribution >= 4 is 27.6 Å². The van der Waals surface area contributed by atoms with E-state index in [-0.39, 0.29) is 6.61 Å². The second-order valence-electron chi connectivity index (χ2n) is 4.04. The van der Waals surface area contributed by atoms with E-state index < -0.39 is 5.97 Å². The molecule has 5 nitrogen and oxygen atoms in total. The number of hydrogen-bond donors (Lipinski definition) is 1. The van der Waals surface area contributed by atoms with Crippen LogP contribution in [0.25, 0.3) is 0 Å². The maximum Gasteiger partial charge on any atom is 0.338 e. The number of nitrogens with two attached hydrogens (primary N) is 1. The van der Waals surface area contributed by atoms with Crippen LogP contribution >= 0.6 is 15.9 Å². The van der Waals surface area contributed by atoms with Gasteiger partial charge < -0.3 is 15.2 Å². The largest absolute Gasteiger partial charge is 0.495 e. The van der Waals surface area contributed by atoms with Gasteiger partial charge >= 0.3 is 5.97 Å². The van der Waals surface area contributed by atoms with Crippen LogP contribution < -0.4 is 10.5 Å². The molecule has 0 spiro atoms. The van der Waals surface area contributed by atoms with Gasteiger partial charge in [-0.2, -0.15) is 0 Å². The normalized spacial score (nSPS) is 10.1. The Bertz CT molecular complexity index is 632. The maximum absolute atomic E-state index is 11.9. The van der Waals surface area contributed by atoms with Crippen LogP contribution in [0, 0.1) is 0 Å². The average Bonchev–Trinajstić information content (AvgIpc) is 2.45. The Balaban J connectivity index is 2.05. The molecule has 2 rings (SSSR count). The van der Waals surface area contributed by atoms with Gasteiger partial charge in [-0.3, -0.25) is 4.98 Å². The van der Waals surface area contributed by atoms with Crippen molar-refractivity contribution in [1.82, 2.24) is 4.98 Å². The van der Waals surface area contributed by atoms with Gasteiger partial charge in [0.1, 0.15) is 12.4 Å². The van der Waals surface area contributed by atoms with Gasteiger partial charge in [-0.05, 0) is 40.2 Å². The van der Waals surface area contributed by atoms with Crippen molar-refractivity contribution in [2.24, 2.45) is 0 Å². The lowest BCUT2D eigenvalue weighted by Crippen LogP contribution is -2.06. The Kier molecular flexibility index (Phi) is 4.57. The number of pyridine rings is 1. The molecule has 1 heterocycles. The third kappa shape index (κ3) is 3.48. The van der Waals surface area contributed by atoms with Crippen LogP contribution in [0.15, 0.2) is 41.1 Å². The average molecular weight is 337 g/mol. The molecule has 0 aliphatic heterocycles. The summed E-state index contributed by atoms with van der Waals surface area (Å²) in [5.74, 6) is 0.00634. The molecule has 0 amide bonds. The summed E-state index contributed by atoms with van der Waals surface area (Å²) in [6.45, 7) is 0.151. The fourth-order valence-corrected chi connectivity index (χ4v) is 2.02. The minimum Gasteiger partial charge on any atom is -0.495 e. The van der Waals surface area contributed by atoms with E-state index in [1.54, 1.807) is 30.6 Å². The summed E-state index contributed by atoms with van der Waals surface area (Å²) in [5.41, 5.74) is 7.35. The molecule has 0 radical (unpaired) electrons. The third-order valence-corrected chi connectivity index (χ3v) is 3.03. The van der Waals surface area contributed by atoms with Gasteiger partial charge in [0.25, 0.3) is 0 Å². The van der Waals surface area contributed by atoms with E-state index in [9.17, 15) is 4.79 Å². The molecule has 1 aromatic carbocycles. The highest BCUT2D eigenvalue weighted by Crippen LogP contribution is 2.22. The van der Waals surface area contributed by atoms with Gasteiger partial charge in [-0.1, -0.05) is 0 Å². The molecule has 0 unspecified atom stereocenters. The third-order valence-electron chi connectivity index (χ3n) is 2.60. The first kappa shape index (κ1) is 14.3. The highest BCUT2D eigenvalue weighted by molar-refractivity contribution is 9.10. The Morgan fingerprint density at radius 2 is 2.15 bits per heavy atom. The first-order chi connectivity index (χ1) is 9.60. The topological polar surface area (TPSA) is 74.4 Å². The predicted molar refractivity (Wildman–Crippen MR) is 78.5 cm³/mol. The lowest BCUT2D eigenvalue weighted by molar-refractivity contribution is 0.0472. The van der Waals surface area contributed by atoms with Crippen molar-refractivity contribution in [3.63, 3.8) is 0 Å². The number of methoxy groups -OCH3 is 1. The van der Waals surface area contributed by atoms with Crippen LogP contribution in [0.5, 0.6) is 5.75 Å². The Hall–Kier alpha value is -2.08. The number of esters is 1. The highest BCUT2D eigenvalue weighted by Gasteiger charge is 2.10. The number of benzene rings is 1. The SMILES string of the molecule is COc1cc(C(=O)OCc2cncc(Br)c2)ccc1N. The van der Waals surface area contributed by atoms with E-state index in [1.807, 2.05) is 6.07 Å². The first-order valence-electron chi connectivity index (χ1n) is 5.80. The molecular weight excluding hydrogens is 324 g/mol. The molecule has 2 aromatic rings. The van der Waals surface area contributed by atoms with Crippen LogP contribution in [0.1, 0.15) is 15.9 Å². The minimum atomic E-state index is -0.441. The molecule has 0 fully saturated rings.